The molecule has 25 heavy (non-hydrogen) atoms. The Morgan fingerprint density at radius 3 is 2.52 bits per heavy atom. The highest BCUT2D eigenvalue weighted by Gasteiger charge is 2.12. The highest BCUT2D eigenvalue weighted by Crippen LogP contribution is 2.25. The fourth-order valence-electron chi connectivity index (χ4n) is 2.00. The molecule has 2 rings (SSSR count). The Morgan fingerprint density at radius 2 is 1.88 bits per heavy atom. The Kier molecular flexibility index (Phi) is 6.11. The van der Waals surface area contributed by atoms with E-state index in [4.69, 9.17) is 4.74 Å². The van der Waals surface area contributed by atoms with Crippen LogP contribution < -0.4 is 15.5 Å². The molecule has 0 fully saturated rings. The molecule has 0 saturated heterocycles. The average Bonchev–Trinajstić information content (AvgIpc) is 2.63. The number of phenols is 1. The van der Waals surface area contributed by atoms with Crippen molar-refractivity contribution in [2.45, 2.75) is 13.3 Å². The van der Waals surface area contributed by atoms with Gasteiger partial charge >= 0.3 is 11.8 Å². The van der Waals surface area contributed by atoms with Gasteiger partial charge in [-0.25, -0.2) is 5.43 Å². The highest BCUT2D eigenvalue weighted by atomic mass is 16.5. The molecule has 0 aliphatic rings. The minimum Gasteiger partial charge on any atom is -0.504 e. The molecule has 0 aliphatic heterocycles. The van der Waals surface area contributed by atoms with Crippen molar-refractivity contribution < 1.29 is 19.4 Å². The number of hydrogen-bond donors (Lipinski definition) is 3. The number of anilines is 1. The van der Waals surface area contributed by atoms with Gasteiger partial charge in [0.2, 0.25) is 0 Å². The zero-order valence-corrected chi connectivity index (χ0v) is 13.9. The third-order valence-electron chi connectivity index (χ3n) is 3.41. The molecule has 0 aromatic heterocycles. The summed E-state index contributed by atoms with van der Waals surface area (Å²) in [7, 11) is 1.43. The van der Waals surface area contributed by atoms with Gasteiger partial charge in [0.25, 0.3) is 0 Å². The lowest BCUT2D eigenvalue weighted by atomic mass is 10.1. The largest absolute Gasteiger partial charge is 0.504 e. The molecule has 0 spiro atoms. The van der Waals surface area contributed by atoms with E-state index in [0.29, 0.717) is 11.3 Å². The van der Waals surface area contributed by atoms with Crippen molar-refractivity contribution in [2.75, 3.05) is 12.4 Å². The molecule has 0 heterocycles. The fraction of sp³-hybridized carbons (Fsp3) is 0.167. The zero-order valence-electron chi connectivity index (χ0n) is 13.9. The Bertz CT molecular complexity index is 785. The van der Waals surface area contributed by atoms with Gasteiger partial charge < -0.3 is 15.2 Å². The maximum absolute atomic E-state index is 11.8. The predicted octanol–water partition coefficient (Wildman–Crippen LogP) is 2.05. The lowest BCUT2D eigenvalue weighted by Gasteiger charge is -2.05. The molecule has 0 radical (unpaired) electrons. The van der Waals surface area contributed by atoms with Crippen molar-refractivity contribution in [3.8, 4) is 11.5 Å². The lowest BCUT2D eigenvalue weighted by molar-refractivity contribution is -0.136. The fourth-order valence-corrected chi connectivity index (χ4v) is 2.00. The first kappa shape index (κ1) is 18.0. The summed E-state index contributed by atoms with van der Waals surface area (Å²) >= 11 is 0. The monoisotopic (exact) mass is 341 g/mol. The highest BCUT2D eigenvalue weighted by molar-refractivity contribution is 6.39. The second-order valence-electron chi connectivity index (χ2n) is 5.14. The van der Waals surface area contributed by atoms with Crippen LogP contribution in [-0.2, 0) is 16.0 Å². The summed E-state index contributed by atoms with van der Waals surface area (Å²) < 4.78 is 4.97. The standard InChI is InChI=1S/C18H19N3O4/c1-3-12-4-7-14(8-5-12)20-17(23)18(24)21-19-11-13-6-9-15(22)16(10-13)25-2/h4-11,22H,3H2,1-2H3,(H,20,23)(H,21,24)/b19-11-. The first-order chi connectivity index (χ1) is 12.0. The third-order valence-corrected chi connectivity index (χ3v) is 3.41. The van der Waals surface area contributed by atoms with Crippen LogP contribution in [0.1, 0.15) is 18.1 Å². The summed E-state index contributed by atoms with van der Waals surface area (Å²) in [5.41, 5.74) is 4.40. The number of methoxy groups -OCH3 is 1. The molecule has 7 heteroatoms. The van der Waals surface area contributed by atoms with Crippen molar-refractivity contribution in [3.63, 3.8) is 0 Å². The van der Waals surface area contributed by atoms with Gasteiger partial charge in [-0.05, 0) is 47.9 Å². The molecule has 2 aromatic rings. The summed E-state index contributed by atoms with van der Waals surface area (Å²) in [5.74, 6) is -1.42. The van der Waals surface area contributed by atoms with Crippen LogP contribution in [0, 0.1) is 0 Å². The maximum Gasteiger partial charge on any atom is 0.329 e. The third kappa shape index (κ3) is 5.07. The molecule has 0 saturated carbocycles. The van der Waals surface area contributed by atoms with E-state index in [2.05, 4.69) is 15.8 Å². The van der Waals surface area contributed by atoms with E-state index >= 15 is 0 Å². The first-order valence-electron chi connectivity index (χ1n) is 7.63. The van der Waals surface area contributed by atoms with Crippen LogP contribution in [0.25, 0.3) is 0 Å². The van der Waals surface area contributed by atoms with Crippen LogP contribution in [0.3, 0.4) is 0 Å². The van der Waals surface area contributed by atoms with Gasteiger partial charge in [0.15, 0.2) is 11.5 Å². The van der Waals surface area contributed by atoms with E-state index < -0.39 is 11.8 Å². The van der Waals surface area contributed by atoms with Gasteiger partial charge in [0, 0.05) is 5.69 Å². The van der Waals surface area contributed by atoms with Gasteiger partial charge in [0.1, 0.15) is 0 Å². The van der Waals surface area contributed by atoms with Gasteiger partial charge in [-0.1, -0.05) is 19.1 Å². The number of amides is 2. The Morgan fingerprint density at radius 1 is 1.16 bits per heavy atom. The minimum absolute atomic E-state index is 0.00263. The predicted molar refractivity (Wildman–Crippen MR) is 94.8 cm³/mol. The number of benzene rings is 2. The van der Waals surface area contributed by atoms with Gasteiger partial charge in [-0.15, -0.1) is 0 Å². The molecule has 3 N–H and O–H groups in total. The van der Waals surface area contributed by atoms with E-state index in [1.165, 1.54) is 19.4 Å². The van der Waals surface area contributed by atoms with Crippen molar-refractivity contribution in [2.24, 2.45) is 5.10 Å². The van der Waals surface area contributed by atoms with E-state index in [1.54, 1.807) is 24.3 Å². The number of nitrogens with one attached hydrogen (secondary N) is 2. The van der Waals surface area contributed by atoms with Crippen LogP contribution in [0.15, 0.2) is 47.6 Å². The number of hydrazone groups is 1. The molecule has 2 amide bonds. The van der Waals surface area contributed by atoms with E-state index in [9.17, 15) is 14.7 Å². The summed E-state index contributed by atoms with van der Waals surface area (Å²) in [5, 5.41) is 15.7. The zero-order chi connectivity index (χ0) is 18.2. The van der Waals surface area contributed by atoms with E-state index in [1.807, 2.05) is 19.1 Å². The van der Waals surface area contributed by atoms with Gasteiger partial charge in [-0.3, -0.25) is 9.59 Å². The quantitative estimate of drug-likeness (QED) is 0.440. The first-order valence-corrected chi connectivity index (χ1v) is 7.63. The number of carbonyl (C=O) groups is 2. The molecular weight excluding hydrogens is 322 g/mol. The van der Waals surface area contributed by atoms with Gasteiger partial charge in [0.05, 0.1) is 13.3 Å². The van der Waals surface area contributed by atoms with Crippen LogP contribution in [-0.4, -0.2) is 30.2 Å². The summed E-state index contributed by atoms with van der Waals surface area (Å²) in [6.07, 6.45) is 2.23. The number of rotatable bonds is 5. The number of aryl methyl sites for hydroxylation is 1. The summed E-state index contributed by atoms with van der Waals surface area (Å²) in [6.45, 7) is 2.03. The van der Waals surface area contributed by atoms with Crippen molar-refractivity contribution in [1.82, 2.24) is 5.43 Å². The van der Waals surface area contributed by atoms with Gasteiger partial charge in [-0.2, -0.15) is 5.10 Å². The van der Waals surface area contributed by atoms with Crippen molar-refractivity contribution >= 4 is 23.7 Å². The molecule has 7 nitrogen and oxygen atoms in total. The SMILES string of the molecule is CCc1ccc(NC(=O)C(=O)N/N=C\c2ccc(O)c(OC)c2)cc1. The smallest absolute Gasteiger partial charge is 0.329 e. The summed E-state index contributed by atoms with van der Waals surface area (Å²) in [4.78, 5) is 23.5. The molecule has 0 bridgehead atoms. The van der Waals surface area contributed by atoms with Crippen LogP contribution in [0.2, 0.25) is 0 Å². The number of carbonyl (C=O) groups excluding carboxylic acids is 2. The molecule has 0 atom stereocenters. The van der Waals surface area contributed by atoms with Crippen molar-refractivity contribution in [1.29, 1.82) is 0 Å². The minimum atomic E-state index is -0.887. The topological polar surface area (TPSA) is 100 Å². The van der Waals surface area contributed by atoms with Crippen LogP contribution >= 0.6 is 0 Å². The second-order valence-corrected chi connectivity index (χ2v) is 5.14. The number of aromatic hydroxyl groups is 1. The molecule has 0 unspecified atom stereocenters. The number of hydrogen-bond acceptors (Lipinski definition) is 5. The molecular formula is C18H19N3O4. The number of nitrogens with zero attached hydrogens (tertiary/aromatic N) is 1. The number of ether oxygens (including phenoxy) is 1. The Balaban J connectivity index is 1.91. The number of phenolic OH excluding ortho intramolecular Hbond substituents is 1. The molecule has 2 aromatic carbocycles. The van der Waals surface area contributed by atoms with Crippen molar-refractivity contribution in [3.05, 3.63) is 53.6 Å². The van der Waals surface area contributed by atoms with Crippen LogP contribution in [0.4, 0.5) is 5.69 Å². The average molecular weight is 341 g/mol. The Labute approximate surface area is 145 Å². The summed E-state index contributed by atoms with van der Waals surface area (Å²) in [6, 6.07) is 11.8. The molecule has 130 valence electrons. The van der Waals surface area contributed by atoms with E-state index in [0.717, 1.165) is 12.0 Å². The van der Waals surface area contributed by atoms with Crippen LogP contribution in [0.5, 0.6) is 11.5 Å². The maximum atomic E-state index is 11.8. The lowest BCUT2D eigenvalue weighted by Crippen LogP contribution is -2.32. The Hall–Kier alpha value is -3.35. The van der Waals surface area contributed by atoms with E-state index in [-0.39, 0.29) is 11.5 Å². The second kappa shape index (κ2) is 8.49. The normalized spacial score (nSPS) is 10.5. The molecule has 0 aliphatic carbocycles.